The summed E-state index contributed by atoms with van der Waals surface area (Å²) in [6.45, 7) is 3.05. The molecule has 8 heteroatoms. The number of para-hydroxylation sites is 1. The van der Waals surface area contributed by atoms with Crippen LogP contribution in [0.1, 0.15) is 24.4 Å². The highest BCUT2D eigenvalue weighted by Crippen LogP contribution is 2.37. The largest absolute Gasteiger partial charge is 0.495 e. The maximum atomic E-state index is 12.7. The first-order chi connectivity index (χ1) is 14.1. The molecule has 0 saturated carbocycles. The van der Waals surface area contributed by atoms with Gasteiger partial charge in [0.25, 0.3) is 0 Å². The highest BCUT2D eigenvalue weighted by molar-refractivity contribution is 7.89. The maximum Gasteiger partial charge on any atom is 0.244 e. The van der Waals surface area contributed by atoms with Gasteiger partial charge in [-0.2, -0.15) is 0 Å². The van der Waals surface area contributed by atoms with Gasteiger partial charge in [0.15, 0.2) is 11.5 Å². The Morgan fingerprint density at radius 1 is 1.14 bits per heavy atom. The number of likely N-dealkylation sites (tertiary alicyclic amines) is 1. The van der Waals surface area contributed by atoms with Crippen LogP contribution in [0.15, 0.2) is 47.4 Å². The van der Waals surface area contributed by atoms with Crippen LogP contribution >= 0.6 is 0 Å². The summed E-state index contributed by atoms with van der Waals surface area (Å²) >= 11 is 0. The molecule has 1 atom stereocenters. The van der Waals surface area contributed by atoms with Crippen molar-refractivity contribution in [2.24, 2.45) is 0 Å². The van der Waals surface area contributed by atoms with Gasteiger partial charge < -0.3 is 14.2 Å². The van der Waals surface area contributed by atoms with Crippen molar-refractivity contribution in [2.75, 3.05) is 40.0 Å². The lowest BCUT2D eigenvalue weighted by atomic mass is 10.0. The Kier molecular flexibility index (Phi) is 5.94. The Balaban J connectivity index is 1.40. The van der Waals surface area contributed by atoms with Crippen molar-refractivity contribution in [1.82, 2.24) is 9.62 Å². The maximum absolute atomic E-state index is 12.7. The normalized spacial score (nSPS) is 19.3. The minimum Gasteiger partial charge on any atom is -0.495 e. The quantitative estimate of drug-likeness (QED) is 0.745. The smallest absolute Gasteiger partial charge is 0.244 e. The van der Waals surface area contributed by atoms with Crippen molar-refractivity contribution in [3.8, 4) is 17.2 Å². The van der Waals surface area contributed by atoms with Gasteiger partial charge in [-0.05, 0) is 49.2 Å². The zero-order valence-electron chi connectivity index (χ0n) is 16.5. The Hall–Kier alpha value is -2.29. The van der Waals surface area contributed by atoms with Gasteiger partial charge in [0, 0.05) is 19.1 Å². The van der Waals surface area contributed by atoms with Gasteiger partial charge in [-0.25, -0.2) is 13.1 Å². The highest BCUT2D eigenvalue weighted by Gasteiger charge is 2.28. The molecular formula is C21H26N2O5S. The lowest BCUT2D eigenvalue weighted by Gasteiger charge is -2.26. The summed E-state index contributed by atoms with van der Waals surface area (Å²) in [5.41, 5.74) is 1.18. The van der Waals surface area contributed by atoms with E-state index in [1.807, 2.05) is 6.07 Å². The first kappa shape index (κ1) is 20.0. The van der Waals surface area contributed by atoms with E-state index in [1.165, 1.54) is 12.7 Å². The van der Waals surface area contributed by atoms with Gasteiger partial charge in [-0.15, -0.1) is 0 Å². The van der Waals surface area contributed by atoms with E-state index in [4.69, 9.17) is 14.2 Å². The molecule has 0 radical (unpaired) electrons. The van der Waals surface area contributed by atoms with Crippen LogP contribution in [0.3, 0.4) is 0 Å². The minimum atomic E-state index is -3.63. The van der Waals surface area contributed by atoms with E-state index >= 15 is 0 Å². The molecule has 29 heavy (non-hydrogen) atoms. The van der Waals surface area contributed by atoms with Crippen LogP contribution in [-0.2, 0) is 10.0 Å². The number of sulfonamides is 1. The number of hydrogen-bond acceptors (Lipinski definition) is 6. The number of ether oxygens (including phenoxy) is 3. The van der Waals surface area contributed by atoms with E-state index in [2.05, 4.69) is 21.8 Å². The first-order valence-electron chi connectivity index (χ1n) is 9.85. The average Bonchev–Trinajstić information content (AvgIpc) is 3.21. The predicted molar refractivity (Wildman–Crippen MR) is 109 cm³/mol. The molecule has 2 aromatic carbocycles. The van der Waals surface area contributed by atoms with Crippen LogP contribution in [-0.4, -0.2) is 53.3 Å². The van der Waals surface area contributed by atoms with Crippen molar-refractivity contribution in [3.63, 3.8) is 0 Å². The van der Waals surface area contributed by atoms with Crippen molar-refractivity contribution < 1.29 is 22.6 Å². The van der Waals surface area contributed by atoms with Crippen molar-refractivity contribution in [2.45, 2.75) is 23.8 Å². The molecule has 2 aliphatic rings. The third-order valence-electron chi connectivity index (χ3n) is 5.36. The second-order valence-corrected chi connectivity index (χ2v) is 8.88. The number of rotatable bonds is 7. The van der Waals surface area contributed by atoms with Crippen molar-refractivity contribution >= 4 is 10.0 Å². The Morgan fingerprint density at radius 3 is 2.76 bits per heavy atom. The third kappa shape index (κ3) is 4.34. The molecule has 2 aliphatic heterocycles. The molecule has 7 nitrogen and oxygen atoms in total. The number of methoxy groups -OCH3 is 1. The number of benzene rings is 2. The molecule has 156 valence electrons. The van der Waals surface area contributed by atoms with Crippen LogP contribution in [0.5, 0.6) is 17.2 Å². The Bertz CT molecular complexity index is 963. The van der Waals surface area contributed by atoms with E-state index < -0.39 is 10.0 Å². The molecule has 1 saturated heterocycles. The molecule has 1 N–H and O–H groups in total. The van der Waals surface area contributed by atoms with Crippen LogP contribution in [0.25, 0.3) is 0 Å². The van der Waals surface area contributed by atoms with E-state index in [9.17, 15) is 8.42 Å². The van der Waals surface area contributed by atoms with Crippen LogP contribution in [0.2, 0.25) is 0 Å². The fourth-order valence-corrected chi connectivity index (χ4v) is 5.17. The topological polar surface area (TPSA) is 77.1 Å². The van der Waals surface area contributed by atoms with Crippen LogP contribution < -0.4 is 18.9 Å². The summed E-state index contributed by atoms with van der Waals surface area (Å²) < 4.78 is 44.5. The molecule has 0 amide bonds. The number of nitrogens with one attached hydrogen (secondary N) is 1. The third-order valence-corrected chi connectivity index (χ3v) is 6.86. The number of nitrogens with zero attached hydrogens (tertiary/aromatic N) is 1. The lowest BCUT2D eigenvalue weighted by molar-refractivity contribution is 0.170. The molecule has 0 aliphatic carbocycles. The molecule has 0 spiro atoms. The molecule has 2 aromatic rings. The number of hydrogen-bond donors (Lipinski definition) is 1. The van der Waals surface area contributed by atoms with Crippen molar-refractivity contribution in [1.29, 1.82) is 0 Å². The Labute approximate surface area is 171 Å². The average molecular weight is 419 g/mol. The van der Waals surface area contributed by atoms with Crippen LogP contribution in [0, 0.1) is 0 Å². The summed E-state index contributed by atoms with van der Waals surface area (Å²) in [6, 6.07) is 13.0. The summed E-state index contributed by atoms with van der Waals surface area (Å²) in [5.74, 6) is 1.92. The fourth-order valence-electron chi connectivity index (χ4n) is 3.98. The van der Waals surface area contributed by atoms with Gasteiger partial charge in [0.1, 0.15) is 23.9 Å². The number of fused-ring (bicyclic) bond motifs is 1. The van der Waals surface area contributed by atoms with E-state index in [-0.39, 0.29) is 10.9 Å². The Morgan fingerprint density at radius 2 is 1.93 bits per heavy atom. The molecule has 2 heterocycles. The van der Waals surface area contributed by atoms with Gasteiger partial charge in [-0.1, -0.05) is 18.2 Å². The second kappa shape index (κ2) is 8.61. The fraction of sp³-hybridized carbons (Fsp3) is 0.429. The van der Waals surface area contributed by atoms with Gasteiger partial charge in [0.2, 0.25) is 10.0 Å². The zero-order valence-corrected chi connectivity index (χ0v) is 17.3. The lowest BCUT2D eigenvalue weighted by Crippen LogP contribution is -2.34. The summed E-state index contributed by atoms with van der Waals surface area (Å²) in [4.78, 5) is 2.48. The van der Waals surface area contributed by atoms with Gasteiger partial charge >= 0.3 is 0 Å². The molecule has 0 bridgehead atoms. The second-order valence-electron chi connectivity index (χ2n) is 7.15. The van der Waals surface area contributed by atoms with Gasteiger partial charge in [0.05, 0.1) is 7.11 Å². The highest BCUT2D eigenvalue weighted by atomic mass is 32.2. The monoisotopic (exact) mass is 418 g/mol. The molecule has 4 rings (SSSR count). The molecule has 1 fully saturated rings. The van der Waals surface area contributed by atoms with Crippen molar-refractivity contribution in [3.05, 3.63) is 48.0 Å². The first-order valence-corrected chi connectivity index (χ1v) is 11.3. The summed E-state index contributed by atoms with van der Waals surface area (Å²) in [7, 11) is -2.16. The molecule has 0 aromatic heterocycles. The SMILES string of the molecule is COc1ccccc1S(=O)(=O)NCCN1CCCC1c1ccc2c(c1)OCCO2. The summed E-state index contributed by atoms with van der Waals surface area (Å²) in [6.07, 6.45) is 2.12. The van der Waals surface area contributed by atoms with Crippen LogP contribution in [0.4, 0.5) is 0 Å². The standard InChI is InChI=1S/C21H26N2O5S/c1-26-19-6-2-3-7-21(19)29(24,25)22-10-12-23-11-4-5-17(23)16-8-9-18-20(15-16)28-14-13-27-18/h2-3,6-9,15,17,22H,4-5,10-14H2,1H3. The minimum absolute atomic E-state index is 0.160. The van der Waals surface area contributed by atoms with Gasteiger partial charge in [-0.3, -0.25) is 4.90 Å². The van der Waals surface area contributed by atoms with E-state index in [0.29, 0.717) is 32.1 Å². The zero-order chi connectivity index (χ0) is 20.3. The van der Waals surface area contributed by atoms with E-state index in [1.54, 1.807) is 24.3 Å². The van der Waals surface area contributed by atoms with E-state index in [0.717, 1.165) is 30.9 Å². The molecule has 1 unspecified atom stereocenters. The summed E-state index contributed by atoms with van der Waals surface area (Å²) in [5, 5.41) is 0. The predicted octanol–water partition coefficient (Wildman–Crippen LogP) is 2.58. The molecular weight excluding hydrogens is 392 g/mol.